The van der Waals surface area contributed by atoms with Crippen molar-refractivity contribution in [3.8, 4) is 0 Å². The van der Waals surface area contributed by atoms with Crippen molar-refractivity contribution in [3.05, 3.63) is 35.9 Å². The zero-order chi connectivity index (χ0) is 16.8. The van der Waals surface area contributed by atoms with Crippen molar-refractivity contribution < 1.29 is 29.0 Å². The van der Waals surface area contributed by atoms with Crippen molar-refractivity contribution in [3.63, 3.8) is 0 Å². The molecule has 3 unspecified atom stereocenters. The number of benzene rings is 1. The molecule has 0 saturated heterocycles. The molecule has 1 aliphatic rings. The first-order valence-corrected chi connectivity index (χ1v) is 7.62. The van der Waals surface area contributed by atoms with Crippen molar-refractivity contribution in [1.82, 2.24) is 0 Å². The van der Waals surface area contributed by atoms with Crippen molar-refractivity contribution in [2.45, 2.75) is 26.2 Å². The Morgan fingerprint density at radius 2 is 1.87 bits per heavy atom. The molecule has 23 heavy (non-hydrogen) atoms. The summed E-state index contributed by atoms with van der Waals surface area (Å²) in [5, 5.41) is 9.17. The van der Waals surface area contributed by atoms with Crippen LogP contribution in [0.2, 0.25) is 0 Å². The minimum atomic E-state index is -0.873. The second-order valence-electron chi connectivity index (χ2n) is 5.71. The van der Waals surface area contributed by atoms with Gasteiger partial charge in [-0.05, 0) is 30.9 Å². The molecule has 1 saturated carbocycles. The van der Waals surface area contributed by atoms with Gasteiger partial charge in [0.25, 0.3) is 0 Å². The van der Waals surface area contributed by atoms with E-state index < -0.39 is 36.5 Å². The monoisotopic (exact) mass is 320 g/mol. The lowest BCUT2D eigenvalue weighted by molar-refractivity contribution is -0.160. The molecule has 6 heteroatoms. The average molecular weight is 320 g/mol. The Morgan fingerprint density at radius 1 is 1.17 bits per heavy atom. The molecule has 0 heterocycles. The number of carbonyl (C=O) groups excluding carboxylic acids is 2. The summed E-state index contributed by atoms with van der Waals surface area (Å²) in [6.07, 6.45) is 2.07. The highest BCUT2D eigenvalue weighted by atomic mass is 16.7. The number of hydrogen-bond donors (Lipinski definition) is 1. The largest absolute Gasteiger partial charge is 0.481 e. The van der Waals surface area contributed by atoms with Crippen LogP contribution in [0.15, 0.2) is 30.3 Å². The minimum absolute atomic E-state index is 0.232. The van der Waals surface area contributed by atoms with E-state index in [4.69, 9.17) is 14.6 Å². The van der Waals surface area contributed by atoms with Gasteiger partial charge in [0.1, 0.15) is 0 Å². The first-order valence-electron chi connectivity index (χ1n) is 7.62. The van der Waals surface area contributed by atoms with Crippen LogP contribution in [-0.4, -0.2) is 29.8 Å². The molecule has 6 nitrogen and oxygen atoms in total. The van der Waals surface area contributed by atoms with Gasteiger partial charge < -0.3 is 14.6 Å². The number of esters is 2. The molecule has 1 aliphatic carbocycles. The molecule has 0 amide bonds. The Hall–Kier alpha value is -2.37. The summed E-state index contributed by atoms with van der Waals surface area (Å²) in [5.74, 6) is -3.26. The van der Waals surface area contributed by atoms with Crippen molar-refractivity contribution in [2.75, 3.05) is 6.79 Å². The van der Waals surface area contributed by atoms with E-state index >= 15 is 0 Å². The van der Waals surface area contributed by atoms with Gasteiger partial charge in [-0.1, -0.05) is 31.5 Å². The molecule has 0 aromatic heterocycles. The van der Waals surface area contributed by atoms with E-state index in [0.717, 1.165) is 6.42 Å². The fraction of sp³-hybridized carbons (Fsp3) is 0.471. The van der Waals surface area contributed by atoms with Gasteiger partial charge in [0.05, 0.1) is 17.4 Å². The van der Waals surface area contributed by atoms with E-state index in [0.29, 0.717) is 18.4 Å². The lowest BCUT2D eigenvalue weighted by Gasteiger charge is -2.21. The number of carbonyl (C=O) groups is 3. The fourth-order valence-electron chi connectivity index (χ4n) is 3.00. The highest BCUT2D eigenvalue weighted by Gasteiger charge is 2.39. The second kappa shape index (κ2) is 7.76. The molecule has 124 valence electrons. The highest BCUT2D eigenvalue weighted by molar-refractivity contribution is 5.89. The Morgan fingerprint density at radius 3 is 2.52 bits per heavy atom. The number of carboxylic acid groups (broad SMARTS) is 1. The SMILES string of the molecule is CC(C(=O)OCOC(=O)c1ccccc1)C1CCCC1C(=O)O. The number of rotatable bonds is 6. The minimum Gasteiger partial charge on any atom is -0.481 e. The van der Waals surface area contributed by atoms with E-state index in [1.54, 1.807) is 37.3 Å². The summed E-state index contributed by atoms with van der Waals surface area (Å²) < 4.78 is 9.85. The molecule has 1 aromatic carbocycles. The van der Waals surface area contributed by atoms with E-state index in [1.807, 2.05) is 0 Å². The summed E-state index contributed by atoms with van der Waals surface area (Å²) in [5.41, 5.74) is 0.373. The normalized spacial score (nSPS) is 21.4. The average Bonchev–Trinajstić information content (AvgIpc) is 3.04. The Kier molecular flexibility index (Phi) is 5.73. The smallest absolute Gasteiger partial charge is 0.340 e. The van der Waals surface area contributed by atoms with Crippen LogP contribution in [0.1, 0.15) is 36.5 Å². The maximum absolute atomic E-state index is 12.0. The highest BCUT2D eigenvalue weighted by Crippen LogP contribution is 2.37. The van der Waals surface area contributed by atoms with Crippen LogP contribution in [0, 0.1) is 17.8 Å². The number of aliphatic carboxylic acids is 1. The van der Waals surface area contributed by atoms with Gasteiger partial charge in [-0.25, -0.2) is 4.79 Å². The van der Waals surface area contributed by atoms with Gasteiger partial charge in [0.15, 0.2) is 0 Å². The van der Waals surface area contributed by atoms with Crippen molar-refractivity contribution in [1.29, 1.82) is 0 Å². The van der Waals surface area contributed by atoms with Gasteiger partial charge in [-0.2, -0.15) is 0 Å². The van der Waals surface area contributed by atoms with Gasteiger partial charge in [0.2, 0.25) is 6.79 Å². The predicted molar refractivity (Wildman–Crippen MR) is 80.4 cm³/mol. The molecule has 0 bridgehead atoms. The van der Waals surface area contributed by atoms with Crippen LogP contribution in [0.25, 0.3) is 0 Å². The van der Waals surface area contributed by atoms with E-state index in [2.05, 4.69) is 0 Å². The van der Waals surface area contributed by atoms with Crippen LogP contribution in [0.3, 0.4) is 0 Å². The Balaban J connectivity index is 1.80. The first kappa shape index (κ1) is 17.0. The maximum atomic E-state index is 12.0. The third-order valence-electron chi connectivity index (χ3n) is 4.30. The molecule has 3 atom stereocenters. The van der Waals surface area contributed by atoms with Gasteiger partial charge in [-0.15, -0.1) is 0 Å². The van der Waals surface area contributed by atoms with Gasteiger partial charge >= 0.3 is 17.9 Å². The topological polar surface area (TPSA) is 89.9 Å². The molecular formula is C17H20O6. The van der Waals surface area contributed by atoms with Gasteiger partial charge in [0, 0.05) is 0 Å². The Labute approximate surface area is 134 Å². The molecular weight excluding hydrogens is 300 g/mol. The van der Waals surface area contributed by atoms with Crippen LogP contribution >= 0.6 is 0 Å². The third kappa shape index (κ3) is 4.31. The fourth-order valence-corrected chi connectivity index (χ4v) is 3.00. The van der Waals surface area contributed by atoms with Crippen molar-refractivity contribution >= 4 is 17.9 Å². The van der Waals surface area contributed by atoms with E-state index in [9.17, 15) is 14.4 Å². The van der Waals surface area contributed by atoms with Crippen LogP contribution in [0.5, 0.6) is 0 Å². The summed E-state index contributed by atoms with van der Waals surface area (Å²) >= 11 is 0. The quantitative estimate of drug-likeness (QED) is 0.640. The maximum Gasteiger partial charge on any atom is 0.340 e. The molecule has 0 spiro atoms. The van der Waals surface area contributed by atoms with Crippen molar-refractivity contribution in [2.24, 2.45) is 17.8 Å². The third-order valence-corrected chi connectivity index (χ3v) is 4.30. The number of hydrogen-bond acceptors (Lipinski definition) is 5. The number of ether oxygens (including phenoxy) is 2. The van der Waals surface area contributed by atoms with Crippen LogP contribution in [0.4, 0.5) is 0 Å². The summed E-state index contributed by atoms with van der Waals surface area (Å²) in [6, 6.07) is 8.39. The van der Waals surface area contributed by atoms with Gasteiger partial charge in [-0.3, -0.25) is 9.59 Å². The summed E-state index contributed by atoms with van der Waals surface area (Å²) in [7, 11) is 0. The molecule has 1 fully saturated rings. The summed E-state index contributed by atoms with van der Waals surface area (Å²) in [4.78, 5) is 34.9. The van der Waals surface area contributed by atoms with Crippen LogP contribution in [-0.2, 0) is 19.1 Å². The molecule has 1 N–H and O–H groups in total. The zero-order valence-corrected chi connectivity index (χ0v) is 12.9. The molecule has 0 aliphatic heterocycles. The molecule has 1 aromatic rings. The first-order chi connectivity index (χ1) is 11.0. The summed E-state index contributed by atoms with van der Waals surface area (Å²) in [6.45, 7) is 1.19. The lowest BCUT2D eigenvalue weighted by Crippen LogP contribution is -2.30. The molecule has 0 radical (unpaired) electrons. The van der Waals surface area contributed by atoms with E-state index in [1.165, 1.54) is 0 Å². The Bertz CT molecular complexity index is 568. The lowest BCUT2D eigenvalue weighted by atomic mass is 9.85. The second-order valence-corrected chi connectivity index (χ2v) is 5.71. The molecule has 2 rings (SSSR count). The standard InChI is InChI=1S/C17H20O6/c1-11(13-8-5-9-14(13)15(18)19)16(20)22-10-23-17(21)12-6-3-2-4-7-12/h2-4,6-7,11,13-14H,5,8-10H2,1H3,(H,18,19). The predicted octanol–water partition coefficient (Wildman–Crippen LogP) is 2.48. The van der Waals surface area contributed by atoms with Crippen LogP contribution < -0.4 is 0 Å². The number of carboxylic acids is 1. The zero-order valence-electron chi connectivity index (χ0n) is 12.9. The van der Waals surface area contributed by atoms with E-state index in [-0.39, 0.29) is 5.92 Å².